The van der Waals surface area contributed by atoms with Crippen molar-refractivity contribution >= 4 is 46.2 Å². The number of hydrogen-bond donors (Lipinski definition) is 5. The van der Waals surface area contributed by atoms with Gasteiger partial charge < -0.3 is 21.3 Å². The number of aliphatic imine (C=N–C) groups is 1. The van der Waals surface area contributed by atoms with Gasteiger partial charge in [-0.05, 0) is 81.3 Å². The molecule has 5 N–H and O–H groups in total. The molecule has 52 heavy (non-hydrogen) atoms. The molecule has 254 valence electrons. The van der Waals surface area contributed by atoms with Crippen LogP contribution < -0.4 is 26.6 Å². The zero-order valence-corrected chi connectivity index (χ0v) is 28.8. The minimum absolute atomic E-state index is 0.0816. The van der Waals surface area contributed by atoms with E-state index in [0.29, 0.717) is 0 Å². The highest BCUT2D eigenvalue weighted by Crippen LogP contribution is 2.42. The van der Waals surface area contributed by atoms with Gasteiger partial charge in [0.2, 0.25) is 0 Å². The fourth-order valence-corrected chi connectivity index (χ4v) is 8.05. The monoisotopic (exact) mass is 676 g/mol. The number of allylic oxidation sites excluding steroid dienone is 4. The van der Waals surface area contributed by atoms with E-state index in [1.54, 1.807) is 0 Å². The number of dihydropyridines is 1. The molecular formula is C46H40N6. The van der Waals surface area contributed by atoms with Crippen molar-refractivity contribution in [3.8, 4) is 0 Å². The SMILES string of the molecule is C1=CNC(C2=Nc3cc(C4=CC=C5C=CC(c6ccc(C7C=Cc8ccc9c(c8N7)NC(c7ccccc7)C=C9)cc6)=CC5N4)ccc3CC2)NC1. The van der Waals surface area contributed by atoms with E-state index in [1.807, 2.05) is 6.20 Å². The quantitative estimate of drug-likeness (QED) is 0.146. The average Bonchev–Trinajstić information content (AvgIpc) is 3.23. The van der Waals surface area contributed by atoms with E-state index in [9.17, 15) is 0 Å². The Morgan fingerprint density at radius 2 is 1.38 bits per heavy atom. The summed E-state index contributed by atoms with van der Waals surface area (Å²) in [5.74, 6) is 0. The van der Waals surface area contributed by atoms with Gasteiger partial charge in [-0.2, -0.15) is 0 Å². The normalized spacial score (nSPS) is 23.5. The Kier molecular flexibility index (Phi) is 7.61. The van der Waals surface area contributed by atoms with E-state index in [0.717, 1.165) is 47.7 Å². The van der Waals surface area contributed by atoms with Crippen LogP contribution in [0.2, 0.25) is 0 Å². The molecule has 0 saturated heterocycles. The Morgan fingerprint density at radius 1 is 0.635 bits per heavy atom. The van der Waals surface area contributed by atoms with E-state index in [1.165, 1.54) is 50.2 Å². The zero-order valence-electron chi connectivity index (χ0n) is 28.8. The summed E-state index contributed by atoms with van der Waals surface area (Å²) >= 11 is 0. The van der Waals surface area contributed by atoms with Gasteiger partial charge in [-0.15, -0.1) is 0 Å². The lowest BCUT2D eigenvalue weighted by Gasteiger charge is -2.30. The highest BCUT2D eigenvalue weighted by Gasteiger charge is 2.25. The largest absolute Gasteiger partial charge is 0.374 e. The molecule has 0 fully saturated rings. The number of anilines is 2. The molecule has 0 aromatic heterocycles. The van der Waals surface area contributed by atoms with Crippen LogP contribution in [0.25, 0.3) is 23.4 Å². The van der Waals surface area contributed by atoms with E-state index >= 15 is 0 Å². The van der Waals surface area contributed by atoms with E-state index in [2.05, 4.69) is 172 Å². The van der Waals surface area contributed by atoms with Gasteiger partial charge in [0.15, 0.2) is 0 Å². The van der Waals surface area contributed by atoms with Crippen LogP contribution in [0.1, 0.15) is 57.4 Å². The Balaban J connectivity index is 0.848. The Morgan fingerprint density at radius 3 is 2.13 bits per heavy atom. The molecule has 6 nitrogen and oxygen atoms in total. The van der Waals surface area contributed by atoms with E-state index in [-0.39, 0.29) is 24.3 Å². The molecule has 0 amide bonds. The van der Waals surface area contributed by atoms with Crippen molar-refractivity contribution in [2.45, 2.75) is 37.1 Å². The van der Waals surface area contributed by atoms with Gasteiger partial charge in [-0.25, -0.2) is 0 Å². The summed E-state index contributed by atoms with van der Waals surface area (Å²) in [6.45, 7) is 0.864. The first-order valence-electron chi connectivity index (χ1n) is 18.4. The van der Waals surface area contributed by atoms with Crippen LogP contribution in [0.5, 0.6) is 0 Å². The number of hydrogen-bond acceptors (Lipinski definition) is 6. The topological polar surface area (TPSA) is 72.5 Å². The van der Waals surface area contributed by atoms with Crippen LogP contribution in [0.3, 0.4) is 0 Å². The highest BCUT2D eigenvalue weighted by molar-refractivity contribution is 5.94. The second-order valence-electron chi connectivity index (χ2n) is 14.2. The summed E-state index contributed by atoms with van der Waals surface area (Å²) < 4.78 is 0. The van der Waals surface area contributed by atoms with Gasteiger partial charge in [-0.3, -0.25) is 10.3 Å². The molecule has 5 aliphatic heterocycles. The molecule has 4 atom stereocenters. The molecule has 0 bridgehead atoms. The van der Waals surface area contributed by atoms with Crippen LogP contribution in [-0.4, -0.2) is 24.5 Å². The van der Waals surface area contributed by atoms with Crippen molar-refractivity contribution in [2.75, 3.05) is 17.2 Å². The van der Waals surface area contributed by atoms with Crippen LogP contribution in [0, 0.1) is 0 Å². The van der Waals surface area contributed by atoms with Crippen molar-refractivity contribution in [3.63, 3.8) is 0 Å². The van der Waals surface area contributed by atoms with Crippen molar-refractivity contribution in [3.05, 3.63) is 184 Å². The third kappa shape index (κ3) is 5.71. The Labute approximate surface area is 304 Å². The van der Waals surface area contributed by atoms with Crippen molar-refractivity contribution in [1.29, 1.82) is 0 Å². The van der Waals surface area contributed by atoms with Crippen molar-refractivity contribution in [1.82, 2.24) is 16.0 Å². The highest BCUT2D eigenvalue weighted by atomic mass is 15.1. The van der Waals surface area contributed by atoms with Gasteiger partial charge >= 0.3 is 0 Å². The minimum atomic E-state index is 0.0816. The third-order valence-electron chi connectivity index (χ3n) is 10.9. The van der Waals surface area contributed by atoms with Crippen LogP contribution >= 0.6 is 0 Å². The lowest BCUT2D eigenvalue weighted by molar-refractivity contribution is 0.578. The molecule has 10 rings (SSSR count). The number of nitrogens with zero attached hydrogens (tertiary/aromatic N) is 1. The first-order chi connectivity index (χ1) is 25.7. The van der Waals surface area contributed by atoms with Crippen molar-refractivity contribution in [2.24, 2.45) is 4.99 Å². The third-order valence-corrected chi connectivity index (χ3v) is 10.9. The summed E-state index contributed by atoms with van der Waals surface area (Å²) in [5, 5.41) is 18.4. The number of nitrogens with one attached hydrogen (secondary N) is 5. The molecule has 0 spiro atoms. The number of benzene rings is 4. The molecular weight excluding hydrogens is 637 g/mol. The molecule has 4 aromatic rings. The fourth-order valence-electron chi connectivity index (χ4n) is 8.05. The second kappa shape index (κ2) is 12.9. The first kappa shape index (κ1) is 30.7. The maximum atomic E-state index is 5.09. The lowest BCUT2D eigenvalue weighted by Crippen LogP contribution is -2.49. The maximum absolute atomic E-state index is 5.09. The number of aryl methyl sites for hydroxylation is 1. The number of fused-ring (bicyclic) bond motifs is 5. The van der Waals surface area contributed by atoms with Crippen LogP contribution in [0.15, 0.2) is 150 Å². The molecule has 6 heteroatoms. The molecule has 0 radical (unpaired) electrons. The molecule has 1 aliphatic carbocycles. The summed E-state index contributed by atoms with van der Waals surface area (Å²) in [5.41, 5.74) is 16.8. The maximum Gasteiger partial charge on any atom is 0.116 e. The predicted octanol–water partition coefficient (Wildman–Crippen LogP) is 8.99. The van der Waals surface area contributed by atoms with Crippen LogP contribution in [0.4, 0.5) is 17.1 Å². The molecule has 4 unspecified atom stereocenters. The predicted molar refractivity (Wildman–Crippen MR) is 216 cm³/mol. The Hall–Kier alpha value is -6.11. The van der Waals surface area contributed by atoms with Crippen LogP contribution in [-0.2, 0) is 6.42 Å². The second-order valence-corrected chi connectivity index (χ2v) is 14.2. The van der Waals surface area contributed by atoms with Gasteiger partial charge in [-0.1, -0.05) is 134 Å². The number of rotatable bonds is 5. The summed E-state index contributed by atoms with van der Waals surface area (Å²) in [4.78, 5) is 5.09. The van der Waals surface area contributed by atoms with E-state index < -0.39 is 0 Å². The van der Waals surface area contributed by atoms with E-state index in [4.69, 9.17) is 4.99 Å². The van der Waals surface area contributed by atoms with Gasteiger partial charge in [0, 0.05) is 12.2 Å². The van der Waals surface area contributed by atoms with Gasteiger partial charge in [0.05, 0.1) is 40.9 Å². The fraction of sp³-hybridized carbons (Fsp3) is 0.152. The average molecular weight is 677 g/mol. The van der Waals surface area contributed by atoms with Crippen molar-refractivity contribution < 1.29 is 0 Å². The Bertz CT molecular complexity index is 2320. The summed E-state index contributed by atoms with van der Waals surface area (Å²) in [6, 6.07) is 31.1. The molecule has 6 aliphatic rings. The lowest BCUT2D eigenvalue weighted by atomic mass is 9.89. The summed E-state index contributed by atoms with van der Waals surface area (Å²) in [7, 11) is 0. The molecule has 4 aromatic carbocycles. The van der Waals surface area contributed by atoms with Gasteiger partial charge in [0.1, 0.15) is 6.17 Å². The van der Waals surface area contributed by atoms with Gasteiger partial charge in [0.25, 0.3) is 0 Å². The smallest absolute Gasteiger partial charge is 0.116 e. The molecule has 5 heterocycles. The zero-order chi connectivity index (χ0) is 34.4. The minimum Gasteiger partial charge on any atom is -0.374 e. The summed E-state index contributed by atoms with van der Waals surface area (Å²) in [6.07, 6.45) is 26.5. The molecule has 0 saturated carbocycles. The first-order valence-corrected chi connectivity index (χ1v) is 18.4. The standard InChI is InChI=1S/C46H40N6/c1-2-5-30(6-3-1)38-22-19-34-13-14-35-20-23-39(52-45(35)44(34)51-38)31-9-7-29(8-10-31)36-15-11-32-17-21-40(49-42(32)27-36)37-16-12-33-18-24-41(50-43(33)28-37)46-47-25-4-26-48-46/h1-17,19-23,25,27-28,38-39,42,46-49,51-52H,18,24,26H2.